The van der Waals surface area contributed by atoms with Crippen LogP contribution in [0.25, 0.3) is 0 Å². The first-order valence-electron chi connectivity index (χ1n) is 6.33. The summed E-state index contributed by atoms with van der Waals surface area (Å²) in [6, 6.07) is 4.35. The molecule has 16 heavy (non-hydrogen) atoms. The average molecular weight is 236 g/mol. The molecule has 3 rings (SSSR count). The summed E-state index contributed by atoms with van der Waals surface area (Å²) in [7, 11) is 0. The summed E-state index contributed by atoms with van der Waals surface area (Å²) in [5.74, 6) is 0.953. The van der Waals surface area contributed by atoms with Crippen molar-refractivity contribution in [2.45, 2.75) is 25.8 Å². The van der Waals surface area contributed by atoms with Crippen molar-refractivity contribution < 1.29 is 0 Å². The van der Waals surface area contributed by atoms with Gasteiger partial charge in [-0.05, 0) is 61.7 Å². The fraction of sp³-hybridized carbons (Fsp3) is 0.692. The number of hydrogen-bond acceptors (Lipinski definition) is 3. The number of thiophene rings is 1. The van der Waals surface area contributed by atoms with E-state index in [4.69, 9.17) is 0 Å². The van der Waals surface area contributed by atoms with E-state index in [0.717, 1.165) is 17.9 Å². The second-order valence-corrected chi connectivity index (χ2v) is 6.26. The Morgan fingerprint density at radius 1 is 1.44 bits per heavy atom. The minimum Gasteiger partial charge on any atom is -0.317 e. The SMILES string of the molecule is c1csc(CNCC2CC23CCNCC3)c1. The highest BCUT2D eigenvalue weighted by molar-refractivity contribution is 7.09. The van der Waals surface area contributed by atoms with Gasteiger partial charge in [-0.25, -0.2) is 0 Å². The maximum Gasteiger partial charge on any atom is 0.0299 e. The zero-order valence-corrected chi connectivity index (χ0v) is 10.5. The van der Waals surface area contributed by atoms with Crippen molar-refractivity contribution in [1.82, 2.24) is 10.6 Å². The molecule has 1 saturated heterocycles. The van der Waals surface area contributed by atoms with E-state index in [1.165, 1.54) is 43.8 Å². The van der Waals surface area contributed by atoms with Crippen molar-refractivity contribution in [1.29, 1.82) is 0 Å². The molecule has 2 heterocycles. The Morgan fingerprint density at radius 2 is 2.31 bits per heavy atom. The molecule has 2 nitrogen and oxygen atoms in total. The van der Waals surface area contributed by atoms with Crippen LogP contribution in [0, 0.1) is 11.3 Å². The van der Waals surface area contributed by atoms with E-state index in [9.17, 15) is 0 Å². The predicted molar refractivity (Wildman–Crippen MR) is 68.7 cm³/mol. The lowest BCUT2D eigenvalue weighted by Crippen LogP contribution is -2.31. The molecule has 1 atom stereocenters. The fourth-order valence-electron chi connectivity index (χ4n) is 3.04. The van der Waals surface area contributed by atoms with Crippen LogP contribution in [-0.4, -0.2) is 19.6 Å². The first-order valence-corrected chi connectivity index (χ1v) is 7.21. The van der Waals surface area contributed by atoms with Crippen molar-refractivity contribution >= 4 is 11.3 Å². The Hall–Kier alpha value is -0.380. The maximum absolute atomic E-state index is 3.61. The highest BCUT2D eigenvalue weighted by Gasteiger charge is 2.52. The standard InChI is InChI=1S/C13H20N2S/c1-2-12(16-7-1)10-15-9-11-8-13(11)3-5-14-6-4-13/h1-2,7,11,14-15H,3-6,8-10H2. The molecule has 0 radical (unpaired) electrons. The van der Waals surface area contributed by atoms with E-state index in [1.807, 2.05) is 11.3 Å². The van der Waals surface area contributed by atoms with Crippen LogP contribution < -0.4 is 10.6 Å². The third-order valence-corrected chi connectivity index (χ3v) is 5.10. The molecule has 2 N–H and O–H groups in total. The van der Waals surface area contributed by atoms with Gasteiger partial charge in [-0.15, -0.1) is 11.3 Å². The van der Waals surface area contributed by atoms with Gasteiger partial charge < -0.3 is 10.6 Å². The predicted octanol–water partition coefficient (Wildman–Crippen LogP) is 2.23. The molecule has 1 saturated carbocycles. The molecule has 2 aliphatic rings. The summed E-state index contributed by atoms with van der Waals surface area (Å²) in [4.78, 5) is 1.46. The molecule has 1 unspecified atom stereocenters. The molecule has 1 aliphatic carbocycles. The van der Waals surface area contributed by atoms with Crippen LogP contribution in [0.3, 0.4) is 0 Å². The summed E-state index contributed by atoms with van der Waals surface area (Å²) < 4.78 is 0. The van der Waals surface area contributed by atoms with Crippen molar-refractivity contribution in [3.63, 3.8) is 0 Å². The van der Waals surface area contributed by atoms with E-state index in [1.54, 1.807) is 0 Å². The van der Waals surface area contributed by atoms with Gasteiger partial charge in [0.15, 0.2) is 0 Å². The first-order chi connectivity index (χ1) is 7.89. The quantitative estimate of drug-likeness (QED) is 0.837. The van der Waals surface area contributed by atoms with Crippen LogP contribution in [0.15, 0.2) is 17.5 Å². The van der Waals surface area contributed by atoms with Gasteiger partial charge in [-0.2, -0.15) is 0 Å². The Labute approximate surface area is 101 Å². The van der Waals surface area contributed by atoms with Crippen molar-refractivity contribution in [2.75, 3.05) is 19.6 Å². The first kappa shape index (κ1) is 10.8. The molecule has 1 spiro atoms. The molecule has 1 aromatic rings. The zero-order chi connectivity index (χ0) is 10.8. The van der Waals surface area contributed by atoms with Crippen LogP contribution in [-0.2, 0) is 6.54 Å². The lowest BCUT2D eigenvalue weighted by atomic mass is 9.92. The van der Waals surface area contributed by atoms with Gasteiger partial charge in [-0.3, -0.25) is 0 Å². The molecular weight excluding hydrogens is 216 g/mol. The number of rotatable bonds is 4. The Balaban J connectivity index is 1.41. The normalized spacial score (nSPS) is 27.1. The smallest absolute Gasteiger partial charge is 0.0299 e. The minimum atomic E-state index is 0.730. The molecule has 3 heteroatoms. The van der Waals surface area contributed by atoms with E-state index >= 15 is 0 Å². The maximum atomic E-state index is 3.61. The van der Waals surface area contributed by atoms with Crippen LogP contribution in [0.4, 0.5) is 0 Å². The highest BCUT2D eigenvalue weighted by atomic mass is 32.1. The summed E-state index contributed by atoms with van der Waals surface area (Å²) in [5, 5.41) is 9.23. The Bertz CT molecular complexity index is 328. The van der Waals surface area contributed by atoms with Gasteiger partial charge in [-0.1, -0.05) is 6.07 Å². The largest absolute Gasteiger partial charge is 0.317 e. The molecule has 1 aliphatic heterocycles. The molecule has 0 bridgehead atoms. The van der Waals surface area contributed by atoms with Crippen LogP contribution in [0.2, 0.25) is 0 Å². The van der Waals surface area contributed by atoms with Gasteiger partial charge >= 0.3 is 0 Å². The number of hydrogen-bond donors (Lipinski definition) is 2. The van der Waals surface area contributed by atoms with Crippen molar-refractivity contribution in [3.05, 3.63) is 22.4 Å². The monoisotopic (exact) mass is 236 g/mol. The third kappa shape index (κ3) is 2.17. The lowest BCUT2D eigenvalue weighted by Gasteiger charge is -2.23. The molecule has 1 aromatic heterocycles. The van der Waals surface area contributed by atoms with Gasteiger partial charge in [0.2, 0.25) is 0 Å². The second-order valence-electron chi connectivity index (χ2n) is 5.22. The van der Waals surface area contributed by atoms with Crippen LogP contribution in [0.1, 0.15) is 24.1 Å². The van der Waals surface area contributed by atoms with Gasteiger partial charge in [0.1, 0.15) is 0 Å². The molecule has 88 valence electrons. The van der Waals surface area contributed by atoms with Gasteiger partial charge in [0.25, 0.3) is 0 Å². The topological polar surface area (TPSA) is 24.1 Å². The zero-order valence-electron chi connectivity index (χ0n) is 9.67. The number of piperidine rings is 1. The van der Waals surface area contributed by atoms with E-state index < -0.39 is 0 Å². The van der Waals surface area contributed by atoms with Crippen molar-refractivity contribution in [3.8, 4) is 0 Å². The van der Waals surface area contributed by atoms with Crippen molar-refractivity contribution in [2.24, 2.45) is 11.3 Å². The molecule has 2 fully saturated rings. The summed E-state index contributed by atoms with van der Waals surface area (Å²) in [5.41, 5.74) is 0.730. The van der Waals surface area contributed by atoms with E-state index in [-0.39, 0.29) is 0 Å². The lowest BCUT2D eigenvalue weighted by molar-refractivity contribution is 0.319. The molecule has 0 amide bonds. The average Bonchev–Trinajstić information content (AvgIpc) is 2.78. The summed E-state index contributed by atoms with van der Waals surface area (Å²) in [6.45, 7) is 4.75. The Morgan fingerprint density at radius 3 is 3.06 bits per heavy atom. The van der Waals surface area contributed by atoms with Gasteiger partial charge in [0.05, 0.1) is 0 Å². The fourth-order valence-corrected chi connectivity index (χ4v) is 3.71. The van der Waals surface area contributed by atoms with Gasteiger partial charge in [0, 0.05) is 11.4 Å². The van der Waals surface area contributed by atoms with E-state index in [2.05, 4.69) is 28.1 Å². The molecular formula is C13H20N2S. The van der Waals surface area contributed by atoms with E-state index in [0.29, 0.717) is 0 Å². The van der Waals surface area contributed by atoms with Crippen LogP contribution >= 0.6 is 11.3 Å². The van der Waals surface area contributed by atoms with Crippen LogP contribution in [0.5, 0.6) is 0 Å². The minimum absolute atomic E-state index is 0.730. The Kier molecular flexibility index (Phi) is 3.01. The third-order valence-electron chi connectivity index (χ3n) is 4.23. The highest BCUT2D eigenvalue weighted by Crippen LogP contribution is 2.58. The number of nitrogens with one attached hydrogen (secondary N) is 2. The summed E-state index contributed by atoms with van der Waals surface area (Å²) >= 11 is 1.85. The molecule has 0 aromatic carbocycles. The summed E-state index contributed by atoms with van der Waals surface area (Å²) in [6.07, 6.45) is 4.27. The second kappa shape index (κ2) is 4.47.